The number of nitrogens with zero attached hydrogens (tertiary/aromatic N) is 5. The SMILES string of the molecule is Cn1cc(CCn2c(N)nc3cc(Br)cnc32)cn1. The first-order valence-electron chi connectivity index (χ1n) is 5.88. The van der Waals surface area contributed by atoms with Gasteiger partial charge in [-0.2, -0.15) is 5.10 Å². The highest BCUT2D eigenvalue weighted by Crippen LogP contribution is 2.19. The molecule has 3 heterocycles. The number of imidazole rings is 1. The molecule has 0 fully saturated rings. The van der Waals surface area contributed by atoms with Crippen molar-refractivity contribution in [3.63, 3.8) is 0 Å². The zero-order chi connectivity index (χ0) is 13.4. The fourth-order valence-corrected chi connectivity index (χ4v) is 2.39. The van der Waals surface area contributed by atoms with Crippen LogP contribution in [0.2, 0.25) is 0 Å². The van der Waals surface area contributed by atoms with Gasteiger partial charge in [-0.05, 0) is 34.0 Å². The number of aromatic nitrogens is 5. The van der Waals surface area contributed by atoms with Gasteiger partial charge in [-0.15, -0.1) is 0 Å². The highest BCUT2D eigenvalue weighted by molar-refractivity contribution is 9.10. The number of rotatable bonds is 3. The first-order valence-corrected chi connectivity index (χ1v) is 6.67. The zero-order valence-corrected chi connectivity index (χ0v) is 12.0. The van der Waals surface area contributed by atoms with Gasteiger partial charge in [0.05, 0.1) is 6.20 Å². The number of nitrogens with two attached hydrogens (primary N) is 1. The summed E-state index contributed by atoms with van der Waals surface area (Å²) in [6.07, 6.45) is 6.46. The van der Waals surface area contributed by atoms with Crippen molar-refractivity contribution in [2.24, 2.45) is 7.05 Å². The van der Waals surface area contributed by atoms with Gasteiger partial charge in [-0.3, -0.25) is 9.25 Å². The smallest absolute Gasteiger partial charge is 0.202 e. The van der Waals surface area contributed by atoms with Gasteiger partial charge in [0.15, 0.2) is 5.65 Å². The molecule has 6 nitrogen and oxygen atoms in total. The van der Waals surface area contributed by atoms with Crippen molar-refractivity contribution in [1.29, 1.82) is 0 Å². The maximum atomic E-state index is 5.95. The van der Waals surface area contributed by atoms with Crippen molar-refractivity contribution >= 4 is 33.0 Å². The van der Waals surface area contributed by atoms with Gasteiger partial charge in [0, 0.05) is 30.5 Å². The molecule has 7 heteroatoms. The molecule has 19 heavy (non-hydrogen) atoms. The van der Waals surface area contributed by atoms with Crippen LogP contribution in [-0.2, 0) is 20.0 Å². The molecule has 2 N–H and O–H groups in total. The summed E-state index contributed by atoms with van der Waals surface area (Å²) in [5.74, 6) is 0.490. The number of aryl methyl sites for hydroxylation is 3. The van der Waals surface area contributed by atoms with Crippen LogP contribution in [0.4, 0.5) is 5.95 Å². The van der Waals surface area contributed by atoms with E-state index in [1.165, 1.54) is 5.56 Å². The van der Waals surface area contributed by atoms with E-state index in [2.05, 4.69) is 31.0 Å². The van der Waals surface area contributed by atoms with Gasteiger partial charge in [0.1, 0.15) is 5.52 Å². The Hall–Kier alpha value is -1.89. The van der Waals surface area contributed by atoms with Gasteiger partial charge in [-0.1, -0.05) is 0 Å². The lowest BCUT2D eigenvalue weighted by molar-refractivity contribution is 0.717. The third-order valence-electron chi connectivity index (χ3n) is 2.96. The Bertz CT molecular complexity index is 729. The zero-order valence-electron chi connectivity index (χ0n) is 10.4. The minimum absolute atomic E-state index is 0.490. The third kappa shape index (κ3) is 2.33. The number of pyridine rings is 1. The lowest BCUT2D eigenvalue weighted by Crippen LogP contribution is -2.06. The normalized spacial score (nSPS) is 11.3. The quantitative estimate of drug-likeness (QED) is 0.797. The summed E-state index contributed by atoms with van der Waals surface area (Å²) in [5, 5.41) is 4.15. The van der Waals surface area contributed by atoms with E-state index in [-0.39, 0.29) is 0 Å². The molecule has 0 radical (unpaired) electrons. The molecule has 98 valence electrons. The topological polar surface area (TPSA) is 74.5 Å². The van der Waals surface area contributed by atoms with E-state index < -0.39 is 0 Å². The Balaban J connectivity index is 1.90. The largest absolute Gasteiger partial charge is 0.369 e. The Morgan fingerprint density at radius 1 is 1.37 bits per heavy atom. The number of hydrogen-bond donors (Lipinski definition) is 1. The minimum Gasteiger partial charge on any atom is -0.369 e. The van der Waals surface area contributed by atoms with Crippen LogP contribution < -0.4 is 5.73 Å². The van der Waals surface area contributed by atoms with Crippen molar-refractivity contribution in [2.75, 3.05) is 5.73 Å². The second kappa shape index (κ2) is 4.65. The minimum atomic E-state index is 0.490. The van der Waals surface area contributed by atoms with Crippen molar-refractivity contribution in [3.05, 3.63) is 34.7 Å². The highest BCUT2D eigenvalue weighted by Gasteiger charge is 2.10. The van der Waals surface area contributed by atoms with Crippen molar-refractivity contribution in [2.45, 2.75) is 13.0 Å². The maximum Gasteiger partial charge on any atom is 0.202 e. The number of halogens is 1. The van der Waals surface area contributed by atoms with E-state index in [4.69, 9.17) is 5.73 Å². The van der Waals surface area contributed by atoms with Crippen LogP contribution >= 0.6 is 15.9 Å². The Morgan fingerprint density at radius 2 is 2.21 bits per heavy atom. The van der Waals surface area contributed by atoms with Gasteiger partial charge < -0.3 is 5.73 Å². The second-order valence-electron chi connectivity index (χ2n) is 4.39. The van der Waals surface area contributed by atoms with Crippen LogP contribution in [0.5, 0.6) is 0 Å². The average Bonchev–Trinajstić information content (AvgIpc) is 2.89. The first kappa shape index (κ1) is 12.2. The third-order valence-corrected chi connectivity index (χ3v) is 3.40. The fraction of sp³-hybridized carbons (Fsp3) is 0.250. The van der Waals surface area contributed by atoms with Crippen molar-refractivity contribution in [1.82, 2.24) is 24.3 Å². The van der Waals surface area contributed by atoms with E-state index in [1.807, 2.05) is 30.1 Å². The molecule has 0 aromatic carbocycles. The van der Waals surface area contributed by atoms with E-state index in [9.17, 15) is 0 Å². The molecular weight excluding hydrogens is 308 g/mol. The predicted molar refractivity (Wildman–Crippen MR) is 76.6 cm³/mol. The standard InChI is InChI=1S/C12H13BrN6/c1-18-7-8(5-16-18)2-3-19-11-10(17-12(19)14)4-9(13)6-15-11/h4-7H,2-3H2,1H3,(H2,14,17). The van der Waals surface area contributed by atoms with E-state index in [1.54, 1.807) is 10.9 Å². The van der Waals surface area contributed by atoms with Crippen LogP contribution in [-0.4, -0.2) is 24.3 Å². The molecule has 0 unspecified atom stereocenters. The molecule has 3 rings (SSSR count). The van der Waals surface area contributed by atoms with Crippen LogP contribution in [0.25, 0.3) is 11.2 Å². The first-order chi connectivity index (χ1) is 9.13. The molecule has 3 aromatic rings. The summed E-state index contributed by atoms with van der Waals surface area (Å²) in [6.45, 7) is 0.739. The molecule has 0 spiro atoms. The predicted octanol–water partition coefficient (Wildman–Crippen LogP) is 1.75. The summed E-state index contributed by atoms with van der Waals surface area (Å²) in [4.78, 5) is 8.69. The molecular formula is C12H13BrN6. The van der Waals surface area contributed by atoms with E-state index in [0.29, 0.717) is 5.95 Å². The van der Waals surface area contributed by atoms with Gasteiger partial charge >= 0.3 is 0 Å². The van der Waals surface area contributed by atoms with Crippen molar-refractivity contribution in [3.8, 4) is 0 Å². The van der Waals surface area contributed by atoms with Crippen LogP contribution in [0, 0.1) is 0 Å². The summed E-state index contributed by atoms with van der Waals surface area (Å²) >= 11 is 3.38. The number of anilines is 1. The Kier molecular flexibility index (Phi) is 2.98. The molecule has 3 aromatic heterocycles. The lowest BCUT2D eigenvalue weighted by atomic mass is 10.2. The lowest BCUT2D eigenvalue weighted by Gasteiger charge is -2.04. The average molecular weight is 321 g/mol. The maximum absolute atomic E-state index is 5.95. The molecule has 0 bridgehead atoms. The number of nitrogen functional groups attached to an aromatic ring is 1. The fourth-order valence-electron chi connectivity index (χ4n) is 2.07. The summed E-state index contributed by atoms with van der Waals surface area (Å²) in [7, 11) is 1.91. The van der Waals surface area contributed by atoms with Crippen LogP contribution in [0.15, 0.2) is 29.1 Å². The molecule has 0 saturated carbocycles. The molecule has 0 amide bonds. The molecule has 0 aliphatic heterocycles. The van der Waals surface area contributed by atoms with Gasteiger partial charge in [0.2, 0.25) is 5.95 Å². The highest BCUT2D eigenvalue weighted by atomic mass is 79.9. The van der Waals surface area contributed by atoms with E-state index >= 15 is 0 Å². The summed E-state index contributed by atoms with van der Waals surface area (Å²) in [6, 6.07) is 1.92. The van der Waals surface area contributed by atoms with Crippen LogP contribution in [0.1, 0.15) is 5.56 Å². The molecule has 0 aliphatic rings. The molecule has 0 aliphatic carbocycles. The Morgan fingerprint density at radius 3 is 2.95 bits per heavy atom. The Labute approximate surface area is 118 Å². The van der Waals surface area contributed by atoms with Gasteiger partial charge in [0.25, 0.3) is 0 Å². The van der Waals surface area contributed by atoms with E-state index in [0.717, 1.165) is 28.6 Å². The number of fused-ring (bicyclic) bond motifs is 1. The summed E-state index contributed by atoms with van der Waals surface area (Å²) < 4.78 is 4.62. The molecule has 0 saturated heterocycles. The van der Waals surface area contributed by atoms with Crippen LogP contribution in [0.3, 0.4) is 0 Å². The number of hydrogen-bond acceptors (Lipinski definition) is 4. The van der Waals surface area contributed by atoms with Gasteiger partial charge in [-0.25, -0.2) is 9.97 Å². The molecule has 0 atom stereocenters. The second-order valence-corrected chi connectivity index (χ2v) is 5.31. The summed E-state index contributed by atoms with van der Waals surface area (Å²) in [5.41, 5.74) is 8.73. The monoisotopic (exact) mass is 320 g/mol. The van der Waals surface area contributed by atoms with Crippen molar-refractivity contribution < 1.29 is 0 Å².